The summed E-state index contributed by atoms with van der Waals surface area (Å²) in [6.45, 7) is 7.34. The van der Waals surface area contributed by atoms with E-state index in [2.05, 4.69) is 4.98 Å². The number of nitrogens with zero attached hydrogens (tertiary/aromatic N) is 3. The summed E-state index contributed by atoms with van der Waals surface area (Å²) in [7, 11) is -4.24. The number of hydrogen-bond donors (Lipinski definition) is 2. The van der Waals surface area contributed by atoms with Crippen LogP contribution in [-0.4, -0.2) is 77.3 Å². The van der Waals surface area contributed by atoms with Gasteiger partial charge in [-0.2, -0.15) is 0 Å². The second-order valence-corrected chi connectivity index (χ2v) is 15.1. The van der Waals surface area contributed by atoms with Crippen LogP contribution in [0.1, 0.15) is 71.9 Å². The fourth-order valence-electron chi connectivity index (χ4n) is 5.97. The molecule has 15 heteroatoms. The van der Waals surface area contributed by atoms with Crippen molar-refractivity contribution in [2.75, 3.05) is 6.54 Å². The quantitative estimate of drug-likeness (QED) is 0.164. The van der Waals surface area contributed by atoms with Crippen molar-refractivity contribution in [1.82, 2.24) is 19.5 Å². The number of sulfonamides is 1. The molecule has 0 bridgehead atoms. The van der Waals surface area contributed by atoms with Crippen molar-refractivity contribution in [1.29, 1.82) is 0 Å². The van der Waals surface area contributed by atoms with Crippen molar-refractivity contribution < 1.29 is 36.8 Å². The molecule has 4 amide bonds. The van der Waals surface area contributed by atoms with E-state index in [4.69, 9.17) is 21.8 Å². The minimum Gasteiger partial charge on any atom is -0.434 e. The van der Waals surface area contributed by atoms with Gasteiger partial charge in [0.15, 0.2) is 5.58 Å². The van der Waals surface area contributed by atoms with Crippen LogP contribution in [0, 0.1) is 11.8 Å². The third-order valence-corrected chi connectivity index (χ3v) is 10.3. The number of fused-ring (bicyclic) bond motifs is 1. The lowest BCUT2D eigenvalue weighted by Gasteiger charge is -2.35. The number of Topliss-reactive ketones (excluding diaryl/α,β-unsaturated/α-hetero) is 1. The van der Waals surface area contributed by atoms with Crippen LogP contribution < -0.4 is 10.5 Å². The summed E-state index contributed by atoms with van der Waals surface area (Å²) >= 11 is 5.83. The predicted molar refractivity (Wildman–Crippen MR) is 188 cm³/mol. The zero-order chi connectivity index (χ0) is 37.2. The second-order valence-electron chi connectivity index (χ2n) is 13.0. The normalized spacial score (nSPS) is 16.3. The molecule has 0 saturated carbocycles. The van der Waals surface area contributed by atoms with Crippen LogP contribution >= 0.6 is 11.6 Å². The topological polar surface area (TPSA) is 190 Å². The molecule has 0 radical (unpaired) electrons. The molecule has 268 valence electrons. The van der Waals surface area contributed by atoms with Gasteiger partial charge < -0.3 is 10.2 Å². The largest absolute Gasteiger partial charge is 0.434 e. The van der Waals surface area contributed by atoms with Gasteiger partial charge in [-0.1, -0.05) is 51.4 Å². The minimum absolute atomic E-state index is 0.105. The predicted octanol–water partition coefficient (Wildman–Crippen LogP) is 4.45. The van der Waals surface area contributed by atoms with Gasteiger partial charge >= 0.3 is 0 Å². The molecule has 0 spiro atoms. The van der Waals surface area contributed by atoms with Gasteiger partial charge in [0.05, 0.1) is 23.0 Å². The van der Waals surface area contributed by atoms with Gasteiger partial charge in [-0.3, -0.25) is 28.9 Å². The monoisotopic (exact) mass is 735 g/mol. The molecule has 4 aromatic rings. The first-order valence-corrected chi connectivity index (χ1v) is 18.2. The van der Waals surface area contributed by atoms with E-state index in [1.165, 1.54) is 48.5 Å². The number of oxazole rings is 1. The number of nitrogens with two attached hydrogens (primary N) is 1. The molecule has 0 unspecified atom stereocenters. The maximum absolute atomic E-state index is 14.4. The summed E-state index contributed by atoms with van der Waals surface area (Å²) in [5, 5.41) is 0.315. The number of halogens is 1. The maximum atomic E-state index is 14.4. The summed E-state index contributed by atoms with van der Waals surface area (Å²) in [6, 6.07) is 13.9. The highest BCUT2D eigenvalue weighted by molar-refractivity contribution is 7.90. The van der Waals surface area contributed by atoms with Crippen molar-refractivity contribution in [2.45, 2.75) is 63.6 Å². The molecule has 1 fully saturated rings. The van der Waals surface area contributed by atoms with E-state index in [0.717, 1.165) is 0 Å². The van der Waals surface area contributed by atoms with Crippen molar-refractivity contribution in [2.24, 2.45) is 17.6 Å². The number of ketones is 1. The Hall–Kier alpha value is -4.76. The van der Waals surface area contributed by atoms with Crippen LogP contribution in [-0.2, 0) is 19.6 Å². The number of likely N-dealkylation sites (tertiary alicyclic amines) is 1. The fraction of sp³-hybridized carbons (Fsp3) is 0.333. The van der Waals surface area contributed by atoms with Crippen molar-refractivity contribution >= 4 is 62.1 Å². The first-order chi connectivity index (χ1) is 24.1. The van der Waals surface area contributed by atoms with Gasteiger partial charge in [0.1, 0.15) is 5.52 Å². The van der Waals surface area contributed by atoms with E-state index >= 15 is 0 Å². The molecule has 1 aliphatic rings. The SMILES string of the molecule is CC(C)[C@H](N)C(=O)N(C(=O)c1ccc(C(=O)NS(=O)(=O)c2ccc(Cl)cc2)cc1)C(=O)[C@@H]1CCCN1[C@H](C(=O)c1nc2ccccc2o1)C(C)C. The lowest BCUT2D eigenvalue weighted by Crippen LogP contribution is -2.58. The number of nitrogens with one attached hydrogen (secondary N) is 1. The Morgan fingerprint density at radius 1 is 0.922 bits per heavy atom. The minimum atomic E-state index is -4.24. The van der Waals surface area contributed by atoms with Gasteiger partial charge in [0.2, 0.25) is 5.78 Å². The maximum Gasteiger partial charge on any atom is 0.267 e. The average molecular weight is 736 g/mol. The summed E-state index contributed by atoms with van der Waals surface area (Å²) in [4.78, 5) is 75.2. The Labute approximate surface area is 300 Å². The average Bonchev–Trinajstić information content (AvgIpc) is 3.75. The highest BCUT2D eigenvalue weighted by Crippen LogP contribution is 2.29. The number of carbonyl (C=O) groups is 5. The summed E-state index contributed by atoms with van der Waals surface area (Å²) in [6.07, 6.45) is 0.772. The smallest absolute Gasteiger partial charge is 0.267 e. The number of hydrogen-bond acceptors (Lipinski definition) is 11. The standard InChI is InChI=1S/C36H38ClN5O8S/c1-20(2)29(38)36(47)42(34(45)23-13-11-22(12-14-23)32(44)40-51(48,49)25-17-15-24(37)16-18-25)35(46)27-9-7-19-41(27)30(21(3)4)31(43)33-39-26-8-5-6-10-28(26)50-33/h5-6,8,10-18,20-21,27,29-30H,7,9,19,38H2,1-4H3,(H,40,44)/t27-,29-,30-/m0/s1. The Bertz CT molecular complexity index is 2050. The second kappa shape index (κ2) is 15.2. The molecular formula is C36H38ClN5O8S. The molecular weight excluding hydrogens is 698 g/mol. The van der Waals surface area contributed by atoms with E-state index in [9.17, 15) is 32.4 Å². The molecule has 1 aromatic heterocycles. The molecule has 5 rings (SSSR count). The van der Waals surface area contributed by atoms with Crippen LogP contribution in [0.2, 0.25) is 5.02 Å². The van der Waals surface area contributed by atoms with E-state index in [1.807, 2.05) is 18.6 Å². The van der Waals surface area contributed by atoms with Crippen LogP contribution in [0.15, 0.2) is 82.1 Å². The van der Waals surface area contributed by atoms with Crippen molar-refractivity contribution in [3.05, 3.63) is 94.8 Å². The molecule has 13 nitrogen and oxygen atoms in total. The molecule has 51 heavy (non-hydrogen) atoms. The lowest BCUT2D eigenvalue weighted by atomic mass is 9.96. The van der Waals surface area contributed by atoms with Crippen molar-refractivity contribution in [3.63, 3.8) is 0 Å². The molecule has 3 N–H and O–H groups in total. The molecule has 2 heterocycles. The van der Waals surface area contributed by atoms with E-state index in [1.54, 1.807) is 43.0 Å². The number of rotatable bonds is 11. The molecule has 0 aliphatic carbocycles. The van der Waals surface area contributed by atoms with Crippen LogP contribution in [0.3, 0.4) is 0 Å². The number of para-hydroxylation sites is 2. The van der Waals surface area contributed by atoms with Gasteiger partial charge in [-0.15, -0.1) is 0 Å². The number of aromatic nitrogens is 1. The molecule has 3 aromatic carbocycles. The first-order valence-electron chi connectivity index (χ1n) is 16.4. The number of carbonyl (C=O) groups excluding carboxylic acids is 5. The summed E-state index contributed by atoms with van der Waals surface area (Å²) in [5.74, 6) is -5.00. The van der Waals surface area contributed by atoms with Crippen LogP contribution in [0.25, 0.3) is 11.1 Å². The van der Waals surface area contributed by atoms with Gasteiger partial charge in [-0.25, -0.2) is 23.0 Å². The molecule has 3 atom stereocenters. The number of amides is 4. The first kappa shape index (κ1) is 37.5. The molecule has 1 aliphatic heterocycles. The van der Waals surface area contributed by atoms with Gasteiger partial charge in [0, 0.05) is 16.1 Å². The fourth-order valence-corrected chi connectivity index (χ4v) is 7.07. The Morgan fingerprint density at radius 3 is 2.16 bits per heavy atom. The highest BCUT2D eigenvalue weighted by Gasteiger charge is 2.46. The van der Waals surface area contributed by atoms with E-state index in [0.29, 0.717) is 34.0 Å². The zero-order valence-electron chi connectivity index (χ0n) is 28.4. The van der Waals surface area contributed by atoms with Crippen LogP contribution in [0.5, 0.6) is 0 Å². The summed E-state index contributed by atoms with van der Waals surface area (Å²) < 4.78 is 33.1. The Balaban J connectivity index is 1.41. The highest BCUT2D eigenvalue weighted by atomic mass is 35.5. The third-order valence-electron chi connectivity index (χ3n) is 8.73. The summed E-state index contributed by atoms with van der Waals surface area (Å²) in [5.41, 5.74) is 6.91. The van der Waals surface area contributed by atoms with E-state index < -0.39 is 63.5 Å². The van der Waals surface area contributed by atoms with Crippen molar-refractivity contribution in [3.8, 4) is 0 Å². The van der Waals surface area contributed by atoms with Crippen LogP contribution in [0.4, 0.5) is 0 Å². The van der Waals surface area contributed by atoms with Gasteiger partial charge in [0.25, 0.3) is 39.5 Å². The number of imide groups is 3. The number of benzene rings is 3. The lowest BCUT2D eigenvalue weighted by molar-refractivity contribution is -0.145. The Kier molecular flexibility index (Phi) is 11.2. The molecule has 1 saturated heterocycles. The third kappa shape index (κ3) is 7.94. The van der Waals surface area contributed by atoms with E-state index in [-0.39, 0.29) is 34.3 Å². The zero-order valence-corrected chi connectivity index (χ0v) is 30.0. The van der Waals surface area contributed by atoms with Gasteiger partial charge in [-0.05, 0) is 91.9 Å². The Morgan fingerprint density at radius 2 is 1.55 bits per heavy atom.